The lowest BCUT2D eigenvalue weighted by Gasteiger charge is -1.95. The monoisotopic (exact) mass is 247 g/mol. The van der Waals surface area contributed by atoms with Crippen LogP contribution in [0.15, 0.2) is 28.9 Å². The molecule has 0 aliphatic carbocycles. The molecule has 0 aliphatic rings. The molecule has 0 spiro atoms. The molecule has 92 valence electrons. The van der Waals surface area contributed by atoms with E-state index in [1.165, 1.54) is 16.8 Å². The average molecular weight is 247 g/mol. The molecule has 0 saturated carbocycles. The van der Waals surface area contributed by atoms with Gasteiger partial charge in [0.1, 0.15) is 5.82 Å². The number of hydrogen-bond acceptors (Lipinski definition) is 5. The van der Waals surface area contributed by atoms with Crippen LogP contribution >= 0.6 is 0 Å². The Bertz CT molecular complexity index is 690. The Balaban J connectivity index is 1.78. The number of aryl methyl sites for hydroxylation is 1. The summed E-state index contributed by atoms with van der Waals surface area (Å²) in [5.41, 5.74) is 1.39. The van der Waals surface area contributed by atoms with Gasteiger partial charge in [-0.3, -0.25) is 0 Å². The van der Waals surface area contributed by atoms with E-state index in [4.69, 9.17) is 4.52 Å². The molecule has 0 aromatic carbocycles. The highest BCUT2D eigenvalue weighted by atomic mass is 19.1. The van der Waals surface area contributed by atoms with Gasteiger partial charge in [0.15, 0.2) is 11.4 Å². The van der Waals surface area contributed by atoms with Crippen molar-refractivity contribution in [2.75, 3.05) is 5.32 Å². The van der Waals surface area contributed by atoms with Crippen LogP contribution in [0, 0.1) is 12.7 Å². The second-order valence-electron chi connectivity index (χ2n) is 3.87. The van der Waals surface area contributed by atoms with E-state index in [9.17, 15) is 4.39 Å². The van der Waals surface area contributed by atoms with Crippen molar-refractivity contribution in [2.24, 2.45) is 0 Å². The largest absolute Gasteiger partial charge is 0.359 e. The van der Waals surface area contributed by atoms with Crippen LogP contribution in [0.5, 0.6) is 0 Å². The lowest BCUT2D eigenvalue weighted by Crippen LogP contribution is -2.00. The van der Waals surface area contributed by atoms with E-state index in [0.29, 0.717) is 23.9 Å². The minimum atomic E-state index is -0.357. The molecule has 3 rings (SSSR count). The smallest absolute Gasteiger partial charge is 0.243 e. The maximum Gasteiger partial charge on any atom is 0.243 e. The summed E-state index contributed by atoms with van der Waals surface area (Å²) in [5.74, 6) is 0.747. The summed E-state index contributed by atoms with van der Waals surface area (Å²) in [5, 5.41) is 10.8. The molecule has 0 amide bonds. The average Bonchev–Trinajstić information content (AvgIpc) is 2.92. The molecule has 6 nitrogen and oxygen atoms in total. The third-order valence-electron chi connectivity index (χ3n) is 2.39. The van der Waals surface area contributed by atoms with Gasteiger partial charge in [0.25, 0.3) is 0 Å². The Hall–Kier alpha value is -2.44. The lowest BCUT2D eigenvalue weighted by atomic mass is 10.4. The van der Waals surface area contributed by atoms with Crippen LogP contribution in [0.1, 0.15) is 11.5 Å². The van der Waals surface area contributed by atoms with E-state index in [2.05, 4.69) is 20.6 Å². The number of fused-ring (bicyclic) bond motifs is 1. The Labute approximate surface area is 101 Å². The molecule has 18 heavy (non-hydrogen) atoms. The maximum absolute atomic E-state index is 13.0. The minimum absolute atomic E-state index is 0.357. The predicted molar refractivity (Wildman–Crippen MR) is 61.5 cm³/mol. The van der Waals surface area contributed by atoms with E-state index in [1.54, 1.807) is 6.07 Å². The van der Waals surface area contributed by atoms with Gasteiger partial charge < -0.3 is 9.84 Å². The summed E-state index contributed by atoms with van der Waals surface area (Å²) < 4.78 is 19.4. The van der Waals surface area contributed by atoms with Crippen molar-refractivity contribution in [2.45, 2.75) is 13.5 Å². The molecule has 0 fully saturated rings. The number of anilines is 1. The van der Waals surface area contributed by atoms with E-state index in [-0.39, 0.29) is 5.82 Å². The molecule has 1 N–H and O–H groups in total. The van der Waals surface area contributed by atoms with E-state index in [0.717, 1.165) is 5.69 Å². The number of hydrogen-bond donors (Lipinski definition) is 1. The van der Waals surface area contributed by atoms with Crippen LogP contribution in [0.3, 0.4) is 0 Å². The van der Waals surface area contributed by atoms with Crippen molar-refractivity contribution in [3.63, 3.8) is 0 Å². The number of nitrogens with one attached hydrogen (secondary N) is 1. The van der Waals surface area contributed by atoms with Crippen LogP contribution in [0.2, 0.25) is 0 Å². The van der Waals surface area contributed by atoms with Gasteiger partial charge in [0.2, 0.25) is 5.95 Å². The number of aromatic nitrogens is 4. The molecule has 3 heterocycles. The van der Waals surface area contributed by atoms with E-state index >= 15 is 0 Å². The highest BCUT2D eigenvalue weighted by Gasteiger charge is 2.05. The van der Waals surface area contributed by atoms with Gasteiger partial charge in [0, 0.05) is 6.07 Å². The van der Waals surface area contributed by atoms with Crippen molar-refractivity contribution in [1.29, 1.82) is 0 Å². The normalized spacial score (nSPS) is 11.0. The summed E-state index contributed by atoms with van der Waals surface area (Å²) in [6.45, 7) is 2.28. The standard InChI is InChI=1S/C11H10FN5O/c1-7-4-9(18-16-7)5-13-11-14-10-3-2-8(12)6-17(10)15-11/h2-4,6H,5H2,1H3,(H,13,15). The number of halogens is 1. The topological polar surface area (TPSA) is 68.2 Å². The SMILES string of the molecule is Cc1cc(CNc2nc3ccc(F)cn3n2)on1. The van der Waals surface area contributed by atoms with Gasteiger partial charge in [0.05, 0.1) is 18.4 Å². The number of pyridine rings is 1. The summed E-state index contributed by atoms with van der Waals surface area (Å²) in [6.07, 6.45) is 1.27. The fourth-order valence-electron chi connectivity index (χ4n) is 1.60. The zero-order chi connectivity index (χ0) is 12.5. The van der Waals surface area contributed by atoms with Crippen LogP contribution < -0.4 is 5.32 Å². The zero-order valence-corrected chi connectivity index (χ0v) is 9.59. The van der Waals surface area contributed by atoms with Crippen LogP contribution in [-0.2, 0) is 6.54 Å². The van der Waals surface area contributed by atoms with Gasteiger partial charge in [-0.15, -0.1) is 5.10 Å². The Morgan fingerprint density at radius 1 is 1.44 bits per heavy atom. The van der Waals surface area contributed by atoms with Gasteiger partial charge in [-0.2, -0.15) is 4.98 Å². The van der Waals surface area contributed by atoms with Crippen molar-refractivity contribution in [3.05, 3.63) is 41.7 Å². The zero-order valence-electron chi connectivity index (χ0n) is 9.59. The first kappa shape index (κ1) is 10.7. The molecule has 7 heteroatoms. The Morgan fingerprint density at radius 2 is 2.33 bits per heavy atom. The van der Waals surface area contributed by atoms with Gasteiger partial charge in [-0.25, -0.2) is 8.91 Å². The fourth-order valence-corrected chi connectivity index (χ4v) is 1.60. The first-order chi connectivity index (χ1) is 8.70. The summed E-state index contributed by atoms with van der Waals surface area (Å²) in [6, 6.07) is 4.72. The molecule has 0 aliphatic heterocycles. The van der Waals surface area contributed by atoms with Crippen molar-refractivity contribution >= 4 is 11.6 Å². The van der Waals surface area contributed by atoms with Gasteiger partial charge >= 0.3 is 0 Å². The molecular weight excluding hydrogens is 237 g/mol. The number of rotatable bonds is 3. The highest BCUT2D eigenvalue weighted by molar-refractivity contribution is 5.43. The second-order valence-corrected chi connectivity index (χ2v) is 3.87. The Morgan fingerprint density at radius 3 is 3.11 bits per heavy atom. The van der Waals surface area contributed by atoms with E-state index < -0.39 is 0 Å². The third kappa shape index (κ3) is 2.02. The first-order valence-electron chi connectivity index (χ1n) is 5.39. The third-order valence-corrected chi connectivity index (χ3v) is 2.39. The molecule has 0 unspecified atom stereocenters. The van der Waals surface area contributed by atoms with Crippen molar-refractivity contribution < 1.29 is 8.91 Å². The second kappa shape index (κ2) is 4.10. The van der Waals surface area contributed by atoms with Crippen LogP contribution in [0.4, 0.5) is 10.3 Å². The molecule has 0 atom stereocenters. The van der Waals surface area contributed by atoms with Crippen LogP contribution in [0.25, 0.3) is 5.65 Å². The quantitative estimate of drug-likeness (QED) is 0.764. The van der Waals surface area contributed by atoms with Crippen molar-refractivity contribution in [3.8, 4) is 0 Å². The molecule has 0 radical (unpaired) electrons. The maximum atomic E-state index is 13.0. The van der Waals surface area contributed by atoms with E-state index in [1.807, 2.05) is 13.0 Å². The molecule has 0 saturated heterocycles. The minimum Gasteiger partial charge on any atom is -0.359 e. The van der Waals surface area contributed by atoms with Gasteiger partial charge in [-0.05, 0) is 19.1 Å². The van der Waals surface area contributed by atoms with Gasteiger partial charge in [-0.1, -0.05) is 5.16 Å². The lowest BCUT2D eigenvalue weighted by molar-refractivity contribution is 0.384. The number of nitrogens with zero attached hydrogens (tertiary/aromatic N) is 4. The molecular formula is C11H10FN5O. The fraction of sp³-hybridized carbons (Fsp3) is 0.182. The van der Waals surface area contributed by atoms with Crippen molar-refractivity contribution in [1.82, 2.24) is 19.8 Å². The highest BCUT2D eigenvalue weighted by Crippen LogP contribution is 2.09. The molecule has 3 aromatic heterocycles. The molecule has 0 bridgehead atoms. The summed E-state index contributed by atoms with van der Waals surface area (Å²) in [4.78, 5) is 4.19. The van der Waals surface area contributed by atoms with Crippen LogP contribution in [-0.4, -0.2) is 19.8 Å². The Kier molecular flexibility index (Phi) is 2.44. The predicted octanol–water partition coefficient (Wildman–Crippen LogP) is 1.78. The first-order valence-corrected chi connectivity index (χ1v) is 5.39. The summed E-state index contributed by atoms with van der Waals surface area (Å²) >= 11 is 0. The molecule has 3 aromatic rings. The summed E-state index contributed by atoms with van der Waals surface area (Å²) in [7, 11) is 0.